The zero-order valence-corrected chi connectivity index (χ0v) is 14.7. The van der Waals surface area contributed by atoms with Crippen LogP contribution in [0.1, 0.15) is 11.3 Å². The van der Waals surface area contributed by atoms with Crippen molar-refractivity contribution in [3.63, 3.8) is 0 Å². The summed E-state index contributed by atoms with van der Waals surface area (Å²) in [5.74, 6) is 0.995. The van der Waals surface area contributed by atoms with Gasteiger partial charge >= 0.3 is 0 Å². The molecule has 2 aromatic carbocycles. The first-order valence-electron chi connectivity index (χ1n) is 7.92. The molecule has 24 heavy (non-hydrogen) atoms. The maximum Gasteiger partial charge on any atom is 0.125 e. The zero-order chi connectivity index (χ0) is 16.4. The van der Waals surface area contributed by atoms with Crippen LogP contribution in [0.5, 0.6) is 5.75 Å². The van der Waals surface area contributed by atoms with Crippen molar-refractivity contribution in [3.05, 3.63) is 70.2 Å². The lowest BCUT2D eigenvalue weighted by atomic mass is 10.2. The molecule has 5 heteroatoms. The maximum absolute atomic E-state index is 6.28. The second kappa shape index (κ2) is 6.93. The molecular formula is C19H17ClN2OS. The maximum atomic E-state index is 6.28. The van der Waals surface area contributed by atoms with Crippen LogP contribution in [0.3, 0.4) is 0 Å². The zero-order valence-electron chi connectivity index (χ0n) is 13.1. The molecule has 0 aliphatic carbocycles. The first-order valence-corrected chi connectivity index (χ1v) is 9.18. The number of ether oxygens (including phenoxy) is 1. The van der Waals surface area contributed by atoms with Crippen molar-refractivity contribution in [1.82, 2.24) is 9.88 Å². The number of benzene rings is 2. The molecule has 3 aromatic rings. The molecule has 0 spiro atoms. The fourth-order valence-corrected chi connectivity index (χ4v) is 4.01. The minimum absolute atomic E-state index is 0.707. The summed E-state index contributed by atoms with van der Waals surface area (Å²) < 4.78 is 5.83. The molecule has 4 rings (SSSR count). The third-order valence-electron chi connectivity index (χ3n) is 4.07. The number of thiazole rings is 1. The van der Waals surface area contributed by atoms with Gasteiger partial charge in [-0.25, -0.2) is 4.98 Å². The summed E-state index contributed by atoms with van der Waals surface area (Å²) in [4.78, 5) is 7.15. The Balaban J connectivity index is 1.51. The van der Waals surface area contributed by atoms with Gasteiger partial charge in [-0.15, -0.1) is 11.3 Å². The van der Waals surface area contributed by atoms with Crippen LogP contribution in [0.4, 0.5) is 0 Å². The van der Waals surface area contributed by atoms with Gasteiger partial charge in [-0.3, -0.25) is 4.90 Å². The Morgan fingerprint density at radius 2 is 1.96 bits per heavy atom. The minimum Gasteiger partial charge on any atom is -0.492 e. The van der Waals surface area contributed by atoms with Gasteiger partial charge < -0.3 is 4.74 Å². The normalized spacial score (nSPS) is 14.7. The van der Waals surface area contributed by atoms with Crippen molar-refractivity contribution >= 4 is 22.9 Å². The molecule has 1 aromatic heterocycles. The summed E-state index contributed by atoms with van der Waals surface area (Å²) in [6.07, 6.45) is 0. The van der Waals surface area contributed by atoms with E-state index < -0.39 is 0 Å². The van der Waals surface area contributed by atoms with Gasteiger partial charge in [-0.05, 0) is 12.1 Å². The monoisotopic (exact) mass is 356 g/mol. The highest BCUT2D eigenvalue weighted by Crippen LogP contribution is 2.31. The fourth-order valence-electron chi connectivity index (χ4n) is 2.88. The van der Waals surface area contributed by atoms with Crippen molar-refractivity contribution in [3.8, 4) is 16.3 Å². The third-order valence-corrected chi connectivity index (χ3v) is 5.33. The van der Waals surface area contributed by atoms with E-state index in [9.17, 15) is 0 Å². The Kier molecular flexibility index (Phi) is 4.52. The first kappa shape index (κ1) is 15.6. The van der Waals surface area contributed by atoms with Gasteiger partial charge in [-0.1, -0.05) is 48.0 Å². The highest BCUT2D eigenvalue weighted by molar-refractivity contribution is 7.13. The number of nitrogens with zero attached hydrogens (tertiary/aromatic N) is 2. The van der Waals surface area contributed by atoms with Gasteiger partial charge in [0.05, 0.1) is 10.7 Å². The van der Waals surface area contributed by atoms with E-state index in [2.05, 4.69) is 22.4 Å². The molecule has 0 atom stereocenters. The molecular weight excluding hydrogens is 340 g/mol. The summed E-state index contributed by atoms with van der Waals surface area (Å²) >= 11 is 7.92. The molecule has 2 heterocycles. The van der Waals surface area contributed by atoms with Crippen LogP contribution < -0.4 is 4.74 Å². The Labute approximate surface area is 150 Å². The summed E-state index contributed by atoms with van der Waals surface area (Å²) in [6.45, 7) is 3.31. The third kappa shape index (κ3) is 3.31. The molecule has 0 bridgehead atoms. The van der Waals surface area contributed by atoms with Gasteiger partial charge in [0.1, 0.15) is 17.4 Å². The molecule has 0 amide bonds. The average molecular weight is 357 g/mol. The number of halogens is 1. The lowest BCUT2D eigenvalue weighted by Crippen LogP contribution is -2.25. The Hall–Kier alpha value is -1.88. The van der Waals surface area contributed by atoms with E-state index in [1.165, 1.54) is 5.56 Å². The molecule has 0 saturated heterocycles. The molecule has 0 fully saturated rings. The van der Waals surface area contributed by atoms with Crippen LogP contribution >= 0.6 is 22.9 Å². The second-order valence-corrected chi connectivity index (χ2v) is 7.06. The van der Waals surface area contributed by atoms with Crippen LogP contribution in [-0.4, -0.2) is 23.0 Å². The van der Waals surface area contributed by atoms with Crippen molar-refractivity contribution in [1.29, 1.82) is 0 Å². The number of para-hydroxylation sites is 1. The fraction of sp³-hybridized carbons (Fsp3) is 0.211. The molecule has 0 unspecified atom stereocenters. The summed E-state index contributed by atoms with van der Waals surface area (Å²) in [5, 5.41) is 3.84. The van der Waals surface area contributed by atoms with E-state index in [4.69, 9.17) is 21.3 Å². The molecule has 122 valence electrons. The highest BCUT2D eigenvalue weighted by atomic mass is 35.5. The molecule has 0 radical (unpaired) electrons. The largest absolute Gasteiger partial charge is 0.492 e. The predicted octanol–water partition coefficient (Wildman–Crippen LogP) is 4.86. The predicted molar refractivity (Wildman–Crippen MR) is 98.6 cm³/mol. The molecule has 1 aliphatic rings. The first-order chi connectivity index (χ1) is 11.8. The SMILES string of the molecule is Clc1ccccc1-c1nc(CN2CCOc3ccccc3C2)cs1. The Morgan fingerprint density at radius 3 is 2.88 bits per heavy atom. The molecule has 1 aliphatic heterocycles. The second-order valence-electron chi connectivity index (χ2n) is 5.79. The van der Waals surface area contributed by atoms with Gasteiger partial charge in [-0.2, -0.15) is 0 Å². The van der Waals surface area contributed by atoms with E-state index in [-0.39, 0.29) is 0 Å². The van der Waals surface area contributed by atoms with Crippen molar-refractivity contribution in [2.45, 2.75) is 13.1 Å². The van der Waals surface area contributed by atoms with Crippen molar-refractivity contribution in [2.24, 2.45) is 0 Å². The molecule has 0 N–H and O–H groups in total. The summed E-state index contributed by atoms with van der Waals surface area (Å²) in [7, 11) is 0. The van der Waals surface area contributed by atoms with E-state index in [1.807, 2.05) is 36.4 Å². The van der Waals surface area contributed by atoms with Crippen molar-refractivity contribution < 1.29 is 4.74 Å². The summed E-state index contributed by atoms with van der Waals surface area (Å²) in [5.41, 5.74) is 3.31. The lowest BCUT2D eigenvalue weighted by Gasteiger charge is -2.17. The topological polar surface area (TPSA) is 25.4 Å². The lowest BCUT2D eigenvalue weighted by molar-refractivity contribution is 0.218. The average Bonchev–Trinajstić information content (AvgIpc) is 2.95. The van der Waals surface area contributed by atoms with Gasteiger partial charge in [0.25, 0.3) is 0 Å². The van der Waals surface area contributed by atoms with Crippen molar-refractivity contribution in [2.75, 3.05) is 13.2 Å². The quantitative estimate of drug-likeness (QED) is 0.670. The Bertz CT molecular complexity index is 849. The van der Waals surface area contributed by atoms with Gasteiger partial charge in [0.15, 0.2) is 0 Å². The number of fused-ring (bicyclic) bond motifs is 1. The van der Waals surface area contributed by atoms with Crippen LogP contribution in [0.2, 0.25) is 5.02 Å². The Morgan fingerprint density at radius 1 is 1.12 bits per heavy atom. The van der Waals surface area contributed by atoms with Crippen LogP contribution in [0, 0.1) is 0 Å². The number of hydrogen-bond donors (Lipinski definition) is 0. The highest BCUT2D eigenvalue weighted by Gasteiger charge is 2.16. The summed E-state index contributed by atoms with van der Waals surface area (Å²) in [6, 6.07) is 16.1. The minimum atomic E-state index is 0.707. The molecule has 3 nitrogen and oxygen atoms in total. The number of rotatable bonds is 3. The number of hydrogen-bond acceptors (Lipinski definition) is 4. The van der Waals surface area contributed by atoms with Gasteiger partial charge in [0, 0.05) is 36.1 Å². The number of aromatic nitrogens is 1. The molecule has 0 saturated carbocycles. The van der Waals surface area contributed by atoms with Gasteiger partial charge in [0.2, 0.25) is 0 Å². The smallest absolute Gasteiger partial charge is 0.125 e. The van der Waals surface area contributed by atoms with Crippen LogP contribution in [0.15, 0.2) is 53.9 Å². The van der Waals surface area contributed by atoms with E-state index in [0.29, 0.717) is 6.61 Å². The van der Waals surface area contributed by atoms with Crippen LogP contribution in [-0.2, 0) is 13.1 Å². The standard InChI is InChI=1S/C19H17ClN2OS/c20-17-7-3-2-6-16(17)19-21-15(13-24-19)12-22-9-10-23-18-8-4-1-5-14(18)11-22/h1-8,13H,9-12H2. The van der Waals surface area contributed by atoms with Crippen LogP contribution in [0.25, 0.3) is 10.6 Å². The van der Waals surface area contributed by atoms with E-state index >= 15 is 0 Å². The van der Waals surface area contributed by atoms with E-state index in [1.54, 1.807) is 11.3 Å². The van der Waals surface area contributed by atoms with E-state index in [0.717, 1.165) is 46.7 Å².